The molecule has 6 nitrogen and oxygen atoms in total. The fourth-order valence-electron chi connectivity index (χ4n) is 2.07. The molecule has 0 fully saturated rings. The summed E-state index contributed by atoms with van der Waals surface area (Å²) in [6.45, 7) is 1.91. The van der Waals surface area contributed by atoms with Gasteiger partial charge in [-0.3, -0.25) is 9.98 Å². The molecule has 0 bridgehead atoms. The van der Waals surface area contributed by atoms with Gasteiger partial charge >= 0.3 is 0 Å². The van der Waals surface area contributed by atoms with E-state index in [9.17, 15) is 0 Å². The molecule has 0 aliphatic heterocycles. The second kappa shape index (κ2) is 10.1. The third-order valence-electron chi connectivity index (χ3n) is 3.31. The first-order valence-electron chi connectivity index (χ1n) is 7.98. The highest BCUT2D eigenvalue weighted by atomic mass is 16.5. The van der Waals surface area contributed by atoms with Crippen molar-refractivity contribution in [2.45, 2.75) is 12.8 Å². The average Bonchev–Trinajstić information content (AvgIpc) is 2.62. The van der Waals surface area contributed by atoms with E-state index in [0.29, 0.717) is 25.7 Å². The number of pyridine rings is 1. The maximum absolute atomic E-state index is 5.83. The van der Waals surface area contributed by atoms with Crippen LogP contribution >= 0.6 is 0 Å². The smallest absolute Gasteiger partial charge is 0.188 e. The Morgan fingerprint density at radius 1 is 1.21 bits per heavy atom. The average molecular weight is 328 g/mol. The highest BCUT2D eigenvalue weighted by molar-refractivity contribution is 5.77. The minimum absolute atomic E-state index is 0.451. The monoisotopic (exact) mass is 328 g/mol. The summed E-state index contributed by atoms with van der Waals surface area (Å²) in [5, 5.41) is 3.09. The SMILES string of the molecule is COc1cccc(OCCCN=C(N)NCCc2ccccn2)c1. The van der Waals surface area contributed by atoms with Gasteiger partial charge < -0.3 is 20.5 Å². The lowest BCUT2D eigenvalue weighted by Gasteiger charge is -2.07. The number of aromatic nitrogens is 1. The van der Waals surface area contributed by atoms with Crippen LogP contribution in [0.15, 0.2) is 53.7 Å². The second-order valence-electron chi connectivity index (χ2n) is 5.15. The van der Waals surface area contributed by atoms with E-state index in [-0.39, 0.29) is 0 Å². The van der Waals surface area contributed by atoms with Crippen molar-refractivity contribution in [2.24, 2.45) is 10.7 Å². The molecule has 0 aliphatic carbocycles. The van der Waals surface area contributed by atoms with Crippen LogP contribution in [0, 0.1) is 0 Å². The molecule has 6 heteroatoms. The summed E-state index contributed by atoms with van der Waals surface area (Å²) in [6, 6.07) is 13.4. The molecule has 24 heavy (non-hydrogen) atoms. The maximum atomic E-state index is 5.83. The van der Waals surface area contributed by atoms with Gasteiger partial charge in [0.2, 0.25) is 0 Å². The lowest BCUT2D eigenvalue weighted by Crippen LogP contribution is -2.33. The molecule has 2 rings (SSSR count). The minimum atomic E-state index is 0.451. The van der Waals surface area contributed by atoms with Gasteiger partial charge in [-0.15, -0.1) is 0 Å². The quantitative estimate of drug-likeness (QED) is 0.418. The van der Waals surface area contributed by atoms with Crippen LogP contribution in [0.4, 0.5) is 0 Å². The normalized spacial score (nSPS) is 11.1. The number of rotatable bonds is 9. The number of hydrogen-bond acceptors (Lipinski definition) is 4. The van der Waals surface area contributed by atoms with Crippen molar-refractivity contribution in [1.29, 1.82) is 0 Å². The van der Waals surface area contributed by atoms with Gasteiger partial charge in [-0.25, -0.2) is 0 Å². The summed E-state index contributed by atoms with van der Waals surface area (Å²) in [5.74, 6) is 2.03. The molecule has 1 aromatic heterocycles. The van der Waals surface area contributed by atoms with Crippen LogP contribution in [0.5, 0.6) is 11.5 Å². The molecule has 0 saturated carbocycles. The summed E-state index contributed by atoms with van der Waals surface area (Å²) >= 11 is 0. The zero-order valence-corrected chi connectivity index (χ0v) is 13.9. The molecule has 0 spiro atoms. The third-order valence-corrected chi connectivity index (χ3v) is 3.31. The van der Waals surface area contributed by atoms with E-state index in [0.717, 1.165) is 30.0 Å². The molecule has 3 N–H and O–H groups in total. The van der Waals surface area contributed by atoms with Crippen LogP contribution in [-0.2, 0) is 6.42 Å². The van der Waals surface area contributed by atoms with Crippen molar-refractivity contribution in [1.82, 2.24) is 10.3 Å². The molecule has 128 valence electrons. The number of nitrogens with two attached hydrogens (primary N) is 1. The standard InChI is InChI=1S/C18H24N4O2/c1-23-16-7-4-8-17(14-16)24-13-5-11-21-18(19)22-12-9-15-6-2-3-10-20-15/h2-4,6-8,10,14H,5,9,11-13H2,1H3,(H3,19,21,22). The molecule has 1 heterocycles. The van der Waals surface area contributed by atoms with Crippen molar-refractivity contribution in [3.05, 3.63) is 54.4 Å². The van der Waals surface area contributed by atoms with Crippen LogP contribution in [0.25, 0.3) is 0 Å². The lowest BCUT2D eigenvalue weighted by atomic mass is 10.3. The molecule has 0 unspecified atom stereocenters. The number of nitrogens with one attached hydrogen (secondary N) is 1. The maximum Gasteiger partial charge on any atom is 0.188 e. The number of guanidine groups is 1. The Morgan fingerprint density at radius 2 is 2.08 bits per heavy atom. The first-order valence-corrected chi connectivity index (χ1v) is 7.98. The van der Waals surface area contributed by atoms with Crippen molar-refractivity contribution >= 4 is 5.96 Å². The Balaban J connectivity index is 1.59. The largest absolute Gasteiger partial charge is 0.497 e. The third kappa shape index (κ3) is 6.56. The molecule has 0 radical (unpaired) electrons. The summed E-state index contributed by atoms with van der Waals surface area (Å²) in [5.41, 5.74) is 6.86. The fourth-order valence-corrected chi connectivity index (χ4v) is 2.07. The van der Waals surface area contributed by atoms with E-state index in [1.807, 2.05) is 42.5 Å². The Kier molecular flexibility index (Phi) is 7.40. The van der Waals surface area contributed by atoms with E-state index in [2.05, 4.69) is 15.3 Å². The van der Waals surface area contributed by atoms with E-state index < -0.39 is 0 Å². The Morgan fingerprint density at radius 3 is 2.88 bits per heavy atom. The van der Waals surface area contributed by atoms with Crippen molar-refractivity contribution in [3.63, 3.8) is 0 Å². The van der Waals surface area contributed by atoms with Gasteiger partial charge in [0.25, 0.3) is 0 Å². The number of benzene rings is 1. The highest BCUT2D eigenvalue weighted by Crippen LogP contribution is 2.18. The highest BCUT2D eigenvalue weighted by Gasteiger charge is 1.97. The molecule has 0 atom stereocenters. The molecule has 0 saturated heterocycles. The molecule has 0 aliphatic rings. The predicted octanol–water partition coefficient (Wildman–Crippen LogP) is 2.01. The predicted molar refractivity (Wildman–Crippen MR) is 95.5 cm³/mol. The second-order valence-corrected chi connectivity index (χ2v) is 5.15. The van der Waals surface area contributed by atoms with Crippen LogP contribution in [0.3, 0.4) is 0 Å². The number of aliphatic imine (C=N–C) groups is 1. The van der Waals surface area contributed by atoms with Gasteiger partial charge in [-0.1, -0.05) is 12.1 Å². The molecular weight excluding hydrogens is 304 g/mol. The lowest BCUT2D eigenvalue weighted by molar-refractivity contribution is 0.311. The van der Waals surface area contributed by atoms with E-state index >= 15 is 0 Å². The van der Waals surface area contributed by atoms with Crippen LogP contribution in [-0.4, -0.2) is 37.7 Å². The summed E-state index contributed by atoms with van der Waals surface area (Å²) in [7, 11) is 1.64. The van der Waals surface area contributed by atoms with E-state index in [1.54, 1.807) is 13.3 Å². The van der Waals surface area contributed by atoms with Gasteiger partial charge in [0.15, 0.2) is 5.96 Å². The number of methoxy groups -OCH3 is 1. The molecular formula is C18H24N4O2. The van der Waals surface area contributed by atoms with Crippen LogP contribution in [0.1, 0.15) is 12.1 Å². The van der Waals surface area contributed by atoms with Crippen LogP contribution < -0.4 is 20.5 Å². The Labute approximate surface area is 142 Å². The van der Waals surface area contributed by atoms with Gasteiger partial charge in [-0.05, 0) is 24.3 Å². The minimum Gasteiger partial charge on any atom is -0.497 e. The number of hydrogen-bond donors (Lipinski definition) is 2. The molecule has 1 aromatic carbocycles. The molecule has 2 aromatic rings. The zero-order chi connectivity index (χ0) is 17.0. The summed E-state index contributed by atoms with van der Waals surface area (Å²) in [6.07, 6.45) is 3.39. The van der Waals surface area contributed by atoms with Crippen molar-refractivity contribution in [2.75, 3.05) is 26.8 Å². The summed E-state index contributed by atoms with van der Waals surface area (Å²) in [4.78, 5) is 8.54. The topological polar surface area (TPSA) is 81.8 Å². The zero-order valence-electron chi connectivity index (χ0n) is 13.9. The van der Waals surface area contributed by atoms with Crippen LogP contribution in [0.2, 0.25) is 0 Å². The van der Waals surface area contributed by atoms with E-state index in [1.165, 1.54) is 0 Å². The Bertz CT molecular complexity index is 632. The van der Waals surface area contributed by atoms with Gasteiger partial charge in [0.05, 0.1) is 13.7 Å². The molecule has 0 amide bonds. The van der Waals surface area contributed by atoms with E-state index in [4.69, 9.17) is 15.2 Å². The van der Waals surface area contributed by atoms with Gasteiger partial charge in [0.1, 0.15) is 11.5 Å². The fraction of sp³-hybridized carbons (Fsp3) is 0.333. The number of ether oxygens (including phenoxy) is 2. The first-order chi connectivity index (χ1) is 11.8. The number of nitrogens with zero attached hydrogens (tertiary/aromatic N) is 2. The Hall–Kier alpha value is -2.76. The van der Waals surface area contributed by atoms with Crippen molar-refractivity contribution < 1.29 is 9.47 Å². The van der Waals surface area contributed by atoms with Crippen molar-refractivity contribution in [3.8, 4) is 11.5 Å². The van der Waals surface area contributed by atoms with Gasteiger partial charge in [0, 0.05) is 43.9 Å². The van der Waals surface area contributed by atoms with Gasteiger partial charge in [-0.2, -0.15) is 0 Å². The summed E-state index contributed by atoms with van der Waals surface area (Å²) < 4.78 is 10.8. The first kappa shape index (κ1) is 17.6.